The third-order valence-corrected chi connectivity index (χ3v) is 4.91. The quantitative estimate of drug-likeness (QED) is 0.375. The standard InChI is InChI=1S/C20H12ClF8N3O2/c21-13-2-1-8-17(33)9(20(34)31-15(12(26)5-22)14(27)18(28)29)6-32(19(8)30-13)16-10(24)3-7(23)4-11(16)25/h1-4,6,12,14-15,18H,5H2,(H,31,34). The highest BCUT2D eigenvalue weighted by Gasteiger charge is 2.38. The third kappa shape index (κ3) is 4.83. The number of hydrogen-bond donors (Lipinski definition) is 1. The van der Waals surface area contributed by atoms with Gasteiger partial charge in [0.15, 0.2) is 24.0 Å². The number of alkyl halides is 5. The molecule has 0 spiro atoms. The zero-order chi connectivity index (χ0) is 25.3. The van der Waals surface area contributed by atoms with Gasteiger partial charge in [-0.2, -0.15) is 0 Å². The number of nitrogens with one attached hydrogen (secondary N) is 1. The smallest absolute Gasteiger partial charge is 0.271 e. The molecular formula is C20H12ClF8N3O2. The van der Waals surface area contributed by atoms with Crippen molar-refractivity contribution in [2.75, 3.05) is 6.67 Å². The van der Waals surface area contributed by atoms with Crippen molar-refractivity contribution >= 4 is 28.5 Å². The van der Waals surface area contributed by atoms with Gasteiger partial charge in [-0.1, -0.05) is 11.6 Å². The van der Waals surface area contributed by atoms with Gasteiger partial charge in [0.05, 0.1) is 11.4 Å². The Kier molecular flexibility index (Phi) is 7.44. The summed E-state index contributed by atoms with van der Waals surface area (Å²) in [6, 6.07) is -0.0361. The maximum atomic E-state index is 14.5. The van der Waals surface area contributed by atoms with Crippen molar-refractivity contribution in [3.8, 4) is 5.69 Å². The Hall–Kier alpha value is -3.22. The van der Waals surface area contributed by atoms with Crippen LogP contribution in [0.3, 0.4) is 0 Å². The van der Waals surface area contributed by atoms with Crippen LogP contribution in [0.15, 0.2) is 35.3 Å². The van der Waals surface area contributed by atoms with Gasteiger partial charge in [-0.25, -0.2) is 40.1 Å². The average molecular weight is 514 g/mol. The van der Waals surface area contributed by atoms with E-state index in [0.29, 0.717) is 10.8 Å². The van der Waals surface area contributed by atoms with Gasteiger partial charge in [0.25, 0.3) is 12.3 Å². The van der Waals surface area contributed by atoms with E-state index in [4.69, 9.17) is 11.6 Å². The van der Waals surface area contributed by atoms with Crippen LogP contribution >= 0.6 is 11.6 Å². The van der Waals surface area contributed by atoms with Crippen LogP contribution in [0, 0.1) is 17.5 Å². The number of fused-ring (bicyclic) bond motifs is 1. The van der Waals surface area contributed by atoms with Gasteiger partial charge in [-0.3, -0.25) is 14.2 Å². The Morgan fingerprint density at radius 1 is 1.09 bits per heavy atom. The first-order chi connectivity index (χ1) is 16.0. The van der Waals surface area contributed by atoms with Crippen LogP contribution in [0.25, 0.3) is 16.7 Å². The minimum Gasteiger partial charge on any atom is -0.343 e. The van der Waals surface area contributed by atoms with Crippen molar-refractivity contribution in [1.29, 1.82) is 0 Å². The molecule has 1 amide bonds. The number of carbonyl (C=O) groups is 1. The Balaban J connectivity index is 2.24. The molecule has 1 N–H and O–H groups in total. The maximum absolute atomic E-state index is 14.5. The predicted octanol–water partition coefficient (Wildman–Crippen LogP) is 4.47. The van der Waals surface area contributed by atoms with E-state index in [2.05, 4.69) is 4.98 Å². The number of hydrogen-bond acceptors (Lipinski definition) is 3. The summed E-state index contributed by atoms with van der Waals surface area (Å²) in [4.78, 5) is 29.2. The molecule has 1 aromatic carbocycles. The van der Waals surface area contributed by atoms with Crippen LogP contribution in [0.2, 0.25) is 5.15 Å². The van der Waals surface area contributed by atoms with Crippen molar-refractivity contribution in [2.45, 2.75) is 24.8 Å². The Morgan fingerprint density at radius 3 is 2.26 bits per heavy atom. The molecule has 0 aliphatic heterocycles. The topological polar surface area (TPSA) is 64.0 Å². The first-order valence-electron chi connectivity index (χ1n) is 9.26. The number of benzene rings is 1. The number of nitrogens with zero attached hydrogens (tertiary/aromatic N) is 2. The number of pyridine rings is 2. The van der Waals surface area contributed by atoms with E-state index in [0.717, 1.165) is 12.1 Å². The third-order valence-electron chi connectivity index (χ3n) is 4.70. The average Bonchev–Trinajstić information content (AvgIpc) is 2.76. The van der Waals surface area contributed by atoms with Gasteiger partial charge >= 0.3 is 0 Å². The molecule has 3 aromatic rings. The van der Waals surface area contributed by atoms with Crippen LogP contribution < -0.4 is 10.7 Å². The predicted molar refractivity (Wildman–Crippen MR) is 105 cm³/mol. The number of aromatic nitrogens is 2. The second-order valence-electron chi connectivity index (χ2n) is 6.91. The zero-order valence-corrected chi connectivity index (χ0v) is 17.3. The maximum Gasteiger partial charge on any atom is 0.271 e. The Bertz CT molecular complexity index is 1280. The summed E-state index contributed by atoms with van der Waals surface area (Å²) < 4.78 is 109. The Labute approximate surface area is 190 Å². The largest absolute Gasteiger partial charge is 0.343 e. The van der Waals surface area contributed by atoms with Crippen molar-refractivity contribution in [1.82, 2.24) is 14.9 Å². The molecule has 0 bridgehead atoms. The van der Waals surface area contributed by atoms with Gasteiger partial charge in [0.2, 0.25) is 5.43 Å². The van der Waals surface area contributed by atoms with E-state index in [9.17, 15) is 44.7 Å². The molecule has 3 unspecified atom stereocenters. The van der Waals surface area contributed by atoms with Gasteiger partial charge in [0, 0.05) is 18.3 Å². The van der Waals surface area contributed by atoms with E-state index >= 15 is 0 Å². The summed E-state index contributed by atoms with van der Waals surface area (Å²) in [5.74, 6) is -5.92. The zero-order valence-electron chi connectivity index (χ0n) is 16.5. The molecule has 3 atom stereocenters. The molecular weight excluding hydrogens is 502 g/mol. The van der Waals surface area contributed by atoms with Crippen LogP contribution in [-0.2, 0) is 0 Å². The fourth-order valence-electron chi connectivity index (χ4n) is 3.13. The van der Waals surface area contributed by atoms with E-state index < -0.39 is 82.6 Å². The van der Waals surface area contributed by atoms with Crippen LogP contribution in [0.4, 0.5) is 35.1 Å². The van der Waals surface area contributed by atoms with Gasteiger partial charge < -0.3 is 5.32 Å². The summed E-state index contributed by atoms with van der Waals surface area (Å²) in [7, 11) is 0. The molecule has 2 aromatic heterocycles. The lowest BCUT2D eigenvalue weighted by molar-refractivity contribution is 0.00511. The Morgan fingerprint density at radius 2 is 1.71 bits per heavy atom. The van der Waals surface area contributed by atoms with Gasteiger partial charge in [-0.05, 0) is 12.1 Å². The van der Waals surface area contributed by atoms with Crippen molar-refractivity contribution in [2.24, 2.45) is 0 Å². The van der Waals surface area contributed by atoms with E-state index in [1.807, 2.05) is 0 Å². The summed E-state index contributed by atoms with van der Waals surface area (Å²) in [5, 5.41) is 0.766. The van der Waals surface area contributed by atoms with Gasteiger partial charge in [0.1, 0.15) is 34.5 Å². The number of carbonyl (C=O) groups excluding carboxylic acids is 1. The van der Waals surface area contributed by atoms with E-state index in [1.54, 1.807) is 0 Å². The number of amides is 1. The lowest BCUT2D eigenvalue weighted by atomic mass is 10.1. The first kappa shape index (κ1) is 25.4. The molecule has 34 heavy (non-hydrogen) atoms. The summed E-state index contributed by atoms with van der Waals surface area (Å²) in [5.41, 5.74) is -3.69. The summed E-state index contributed by atoms with van der Waals surface area (Å²) in [6.07, 6.45) is -9.55. The fraction of sp³-hybridized carbons (Fsp3) is 0.250. The number of rotatable bonds is 7. The fourth-order valence-corrected chi connectivity index (χ4v) is 3.27. The van der Waals surface area contributed by atoms with E-state index in [1.165, 1.54) is 5.32 Å². The highest BCUT2D eigenvalue weighted by Crippen LogP contribution is 2.24. The van der Waals surface area contributed by atoms with Crippen molar-refractivity contribution in [3.05, 3.63) is 68.9 Å². The second-order valence-corrected chi connectivity index (χ2v) is 7.30. The number of halogens is 9. The molecule has 14 heteroatoms. The molecule has 0 aliphatic rings. The van der Waals surface area contributed by atoms with Crippen LogP contribution in [-0.4, -0.2) is 46.9 Å². The molecule has 2 heterocycles. The van der Waals surface area contributed by atoms with Crippen LogP contribution in [0.5, 0.6) is 0 Å². The monoisotopic (exact) mass is 513 g/mol. The molecule has 5 nitrogen and oxygen atoms in total. The lowest BCUT2D eigenvalue weighted by Crippen LogP contribution is -2.51. The van der Waals surface area contributed by atoms with Crippen molar-refractivity contribution < 1.29 is 39.9 Å². The summed E-state index contributed by atoms with van der Waals surface area (Å²) >= 11 is 5.78. The molecule has 0 fully saturated rings. The molecule has 3 rings (SSSR count). The molecule has 0 radical (unpaired) electrons. The summed E-state index contributed by atoms with van der Waals surface area (Å²) in [6.45, 7) is -1.94. The molecule has 0 aliphatic carbocycles. The second kappa shape index (κ2) is 9.95. The lowest BCUT2D eigenvalue weighted by Gasteiger charge is -2.24. The minimum atomic E-state index is -3.81. The van der Waals surface area contributed by atoms with E-state index in [-0.39, 0.29) is 17.3 Å². The van der Waals surface area contributed by atoms with Gasteiger partial charge in [-0.15, -0.1) is 0 Å². The minimum absolute atomic E-state index is 0.249. The molecule has 182 valence electrons. The van der Waals surface area contributed by atoms with Crippen LogP contribution in [0.1, 0.15) is 10.4 Å². The molecule has 0 saturated carbocycles. The molecule has 0 saturated heterocycles. The first-order valence-corrected chi connectivity index (χ1v) is 9.64. The normalized spacial score (nSPS) is 14.3. The highest BCUT2D eigenvalue weighted by atomic mass is 35.5. The van der Waals surface area contributed by atoms with Crippen molar-refractivity contribution in [3.63, 3.8) is 0 Å². The highest BCUT2D eigenvalue weighted by molar-refractivity contribution is 6.29. The SMILES string of the molecule is O=C(NC(C(F)CF)C(F)C(F)F)c1cn(-c2c(F)cc(F)cc2F)c2nc(Cl)ccc2c1=O.